The molecule has 1 atom stereocenters. The van der Waals surface area contributed by atoms with Gasteiger partial charge in [0.15, 0.2) is 0 Å². The number of halogens is 1. The van der Waals surface area contributed by atoms with Crippen LogP contribution in [0.4, 0.5) is 4.39 Å². The van der Waals surface area contributed by atoms with Gasteiger partial charge < -0.3 is 5.32 Å². The predicted octanol–water partition coefficient (Wildman–Crippen LogP) is 4.03. The maximum absolute atomic E-state index is 13.1. The van der Waals surface area contributed by atoms with E-state index in [4.69, 9.17) is 0 Å². The van der Waals surface area contributed by atoms with E-state index in [1.165, 1.54) is 12.1 Å². The van der Waals surface area contributed by atoms with Crippen LogP contribution in [0.15, 0.2) is 30.5 Å². The highest BCUT2D eigenvalue weighted by atomic mass is 32.2. The fraction of sp³-hybridized carbons (Fsp3) is 0.444. The highest BCUT2D eigenvalue weighted by Gasteiger charge is 2.18. The van der Waals surface area contributed by atoms with E-state index >= 15 is 0 Å². The van der Waals surface area contributed by atoms with Crippen LogP contribution in [-0.4, -0.2) is 26.2 Å². The fourth-order valence-corrected chi connectivity index (χ4v) is 2.98. The second kappa shape index (κ2) is 7.38. The van der Waals surface area contributed by atoms with Gasteiger partial charge in [-0.1, -0.05) is 20.8 Å². The number of nitrogens with one attached hydrogen (secondary N) is 1. The van der Waals surface area contributed by atoms with Crippen LogP contribution < -0.4 is 5.32 Å². The Kier molecular flexibility index (Phi) is 5.70. The van der Waals surface area contributed by atoms with E-state index in [0.717, 1.165) is 16.9 Å². The van der Waals surface area contributed by atoms with E-state index < -0.39 is 0 Å². The highest BCUT2D eigenvalue weighted by molar-refractivity contribution is 8.01. The largest absolute Gasteiger partial charge is 0.349 e. The zero-order valence-corrected chi connectivity index (χ0v) is 15.6. The van der Waals surface area contributed by atoms with E-state index in [1.807, 2.05) is 13.8 Å². The lowest BCUT2D eigenvalue weighted by molar-refractivity contribution is -0.119. The topological polar surface area (TPSA) is 46.9 Å². The Labute approximate surface area is 146 Å². The van der Waals surface area contributed by atoms with E-state index in [1.54, 1.807) is 34.8 Å². The normalized spacial score (nSPS) is 12.9. The first kappa shape index (κ1) is 18.5. The standard InChI is InChI=1S/C18H24FN3OS/c1-12(21-17(23)11-24-18(3,4)5)16-10-20-22(13(16)2)15-8-6-14(19)7-9-15/h6-10,12H,11H2,1-5H3,(H,21,23). The lowest BCUT2D eigenvalue weighted by Gasteiger charge is -2.19. The van der Waals surface area contributed by atoms with Crippen LogP contribution in [0, 0.1) is 12.7 Å². The first-order chi connectivity index (χ1) is 11.2. The molecule has 4 nitrogen and oxygen atoms in total. The molecular weight excluding hydrogens is 325 g/mol. The molecule has 0 aliphatic rings. The molecule has 1 unspecified atom stereocenters. The van der Waals surface area contributed by atoms with Crippen molar-refractivity contribution in [2.75, 3.05) is 5.75 Å². The van der Waals surface area contributed by atoms with Crippen molar-refractivity contribution in [2.24, 2.45) is 0 Å². The summed E-state index contributed by atoms with van der Waals surface area (Å²) >= 11 is 1.62. The van der Waals surface area contributed by atoms with Gasteiger partial charge in [0.05, 0.1) is 23.7 Å². The second-order valence-corrected chi connectivity index (χ2v) is 8.57. The van der Waals surface area contributed by atoms with E-state index in [0.29, 0.717) is 5.75 Å². The smallest absolute Gasteiger partial charge is 0.230 e. The number of carbonyl (C=O) groups excluding carboxylic acids is 1. The third kappa shape index (κ3) is 4.84. The third-order valence-corrected chi connectivity index (χ3v) is 4.87. The average molecular weight is 349 g/mol. The molecule has 130 valence electrons. The van der Waals surface area contributed by atoms with Crippen molar-refractivity contribution in [2.45, 2.75) is 45.4 Å². The molecule has 1 aromatic heterocycles. The number of carbonyl (C=O) groups is 1. The molecule has 2 aromatic rings. The summed E-state index contributed by atoms with van der Waals surface area (Å²) in [6.07, 6.45) is 1.75. The summed E-state index contributed by atoms with van der Waals surface area (Å²) in [7, 11) is 0. The summed E-state index contributed by atoms with van der Waals surface area (Å²) < 4.78 is 14.9. The van der Waals surface area contributed by atoms with Gasteiger partial charge in [0.2, 0.25) is 5.91 Å². The van der Waals surface area contributed by atoms with Crippen LogP contribution in [-0.2, 0) is 4.79 Å². The predicted molar refractivity (Wildman–Crippen MR) is 97.0 cm³/mol. The van der Waals surface area contributed by atoms with Crippen LogP contribution >= 0.6 is 11.8 Å². The molecule has 0 bridgehead atoms. The number of aromatic nitrogens is 2. The molecule has 2 rings (SSSR count). The molecule has 0 spiro atoms. The van der Waals surface area contributed by atoms with E-state index in [-0.39, 0.29) is 22.5 Å². The van der Waals surface area contributed by atoms with Gasteiger partial charge in [0, 0.05) is 16.0 Å². The van der Waals surface area contributed by atoms with Crippen LogP contribution in [0.25, 0.3) is 5.69 Å². The summed E-state index contributed by atoms with van der Waals surface area (Å²) in [5, 5.41) is 7.38. The first-order valence-corrected chi connectivity index (χ1v) is 8.90. The molecule has 0 aliphatic carbocycles. The van der Waals surface area contributed by atoms with Gasteiger partial charge in [-0.15, -0.1) is 11.8 Å². The van der Waals surface area contributed by atoms with Gasteiger partial charge in [-0.05, 0) is 38.1 Å². The van der Waals surface area contributed by atoms with Crippen LogP contribution in [0.2, 0.25) is 0 Å². The van der Waals surface area contributed by atoms with Gasteiger partial charge >= 0.3 is 0 Å². The molecule has 1 amide bonds. The first-order valence-electron chi connectivity index (χ1n) is 7.91. The zero-order valence-electron chi connectivity index (χ0n) is 14.8. The number of amides is 1. The van der Waals surface area contributed by atoms with Gasteiger partial charge in [0.1, 0.15) is 5.82 Å². The monoisotopic (exact) mass is 349 g/mol. The molecule has 1 aromatic carbocycles. The molecule has 0 fully saturated rings. The molecule has 0 saturated carbocycles. The van der Waals surface area contributed by atoms with Gasteiger partial charge in [-0.2, -0.15) is 5.10 Å². The minimum atomic E-state index is -0.277. The van der Waals surface area contributed by atoms with Crippen molar-refractivity contribution in [3.8, 4) is 5.69 Å². The van der Waals surface area contributed by atoms with Crippen molar-refractivity contribution in [1.82, 2.24) is 15.1 Å². The van der Waals surface area contributed by atoms with Crippen LogP contribution in [0.3, 0.4) is 0 Å². The van der Waals surface area contributed by atoms with E-state index in [9.17, 15) is 9.18 Å². The molecule has 0 saturated heterocycles. The van der Waals surface area contributed by atoms with Crippen molar-refractivity contribution in [3.05, 3.63) is 47.5 Å². The van der Waals surface area contributed by atoms with Crippen molar-refractivity contribution in [1.29, 1.82) is 0 Å². The van der Waals surface area contributed by atoms with Crippen LogP contribution in [0.5, 0.6) is 0 Å². The summed E-state index contributed by atoms with van der Waals surface area (Å²) in [6.45, 7) is 10.2. The third-order valence-electron chi connectivity index (χ3n) is 3.60. The minimum absolute atomic E-state index is 0.0105. The SMILES string of the molecule is Cc1c(C(C)NC(=O)CSC(C)(C)C)cnn1-c1ccc(F)cc1. The number of thioether (sulfide) groups is 1. The number of benzene rings is 1. The second-order valence-electron chi connectivity index (χ2n) is 6.76. The number of hydrogen-bond acceptors (Lipinski definition) is 3. The number of nitrogens with zero attached hydrogens (tertiary/aromatic N) is 2. The summed E-state index contributed by atoms with van der Waals surface area (Å²) in [5.74, 6) is 0.163. The van der Waals surface area contributed by atoms with Gasteiger partial charge in [0.25, 0.3) is 0 Å². The quantitative estimate of drug-likeness (QED) is 0.886. The Morgan fingerprint density at radius 1 is 1.33 bits per heavy atom. The molecular formula is C18H24FN3OS. The molecule has 6 heteroatoms. The zero-order chi connectivity index (χ0) is 17.9. The Balaban J connectivity index is 2.07. The molecule has 1 heterocycles. The number of hydrogen-bond donors (Lipinski definition) is 1. The lowest BCUT2D eigenvalue weighted by atomic mass is 10.1. The molecule has 1 N–H and O–H groups in total. The molecule has 0 radical (unpaired) electrons. The summed E-state index contributed by atoms with van der Waals surface area (Å²) in [6, 6.07) is 6.05. The fourth-order valence-electron chi connectivity index (χ4n) is 2.33. The minimum Gasteiger partial charge on any atom is -0.349 e. The Bertz CT molecular complexity index is 704. The maximum atomic E-state index is 13.1. The Morgan fingerprint density at radius 2 is 1.96 bits per heavy atom. The number of rotatable bonds is 5. The van der Waals surface area contributed by atoms with Crippen molar-refractivity contribution in [3.63, 3.8) is 0 Å². The Hall–Kier alpha value is -1.82. The van der Waals surface area contributed by atoms with Gasteiger partial charge in [-0.3, -0.25) is 4.79 Å². The molecule has 0 aliphatic heterocycles. The van der Waals surface area contributed by atoms with Crippen molar-refractivity contribution < 1.29 is 9.18 Å². The lowest BCUT2D eigenvalue weighted by Crippen LogP contribution is -2.29. The maximum Gasteiger partial charge on any atom is 0.230 e. The highest BCUT2D eigenvalue weighted by Crippen LogP contribution is 2.24. The molecule has 24 heavy (non-hydrogen) atoms. The van der Waals surface area contributed by atoms with Crippen molar-refractivity contribution >= 4 is 17.7 Å². The summed E-state index contributed by atoms with van der Waals surface area (Å²) in [5.41, 5.74) is 2.67. The summed E-state index contributed by atoms with van der Waals surface area (Å²) in [4.78, 5) is 12.1. The Morgan fingerprint density at radius 3 is 2.54 bits per heavy atom. The van der Waals surface area contributed by atoms with Crippen LogP contribution in [0.1, 0.15) is 45.0 Å². The van der Waals surface area contributed by atoms with Gasteiger partial charge in [-0.25, -0.2) is 9.07 Å². The average Bonchev–Trinajstić information content (AvgIpc) is 2.87. The van der Waals surface area contributed by atoms with E-state index in [2.05, 4.69) is 31.2 Å².